The average Bonchev–Trinajstić information content (AvgIpc) is 2.19. The summed E-state index contributed by atoms with van der Waals surface area (Å²) >= 11 is 0. The Labute approximate surface area is 77.7 Å². The molecule has 0 spiro atoms. The van der Waals surface area contributed by atoms with Crippen molar-refractivity contribution in [3.63, 3.8) is 0 Å². The largest absolute Gasteiger partial charge is 0.394 e. The molecule has 1 rings (SSSR count). The van der Waals surface area contributed by atoms with Gasteiger partial charge in [0.25, 0.3) is 0 Å². The first-order valence-electron chi connectivity index (χ1n) is 4.53. The Morgan fingerprint density at radius 3 is 3.08 bits per heavy atom. The zero-order valence-electron chi connectivity index (χ0n) is 7.61. The van der Waals surface area contributed by atoms with Crippen molar-refractivity contribution in [3.05, 3.63) is 0 Å². The van der Waals surface area contributed by atoms with E-state index in [0.717, 1.165) is 6.54 Å². The van der Waals surface area contributed by atoms with Gasteiger partial charge in [0.2, 0.25) is 0 Å². The van der Waals surface area contributed by atoms with E-state index in [9.17, 15) is 5.11 Å². The van der Waals surface area contributed by atoms with Gasteiger partial charge < -0.3 is 25.0 Å². The van der Waals surface area contributed by atoms with Crippen LogP contribution in [-0.2, 0) is 9.47 Å². The number of hydrogen-bond donors (Lipinski definition) is 3. The molecule has 5 heteroatoms. The number of rotatable bonds is 5. The second-order valence-electron chi connectivity index (χ2n) is 2.98. The number of aliphatic hydroxyl groups excluding tert-OH is 2. The minimum atomic E-state index is -0.612. The SMILES string of the molecule is OCCOCC(O)C1CNCCO1. The van der Waals surface area contributed by atoms with Gasteiger partial charge in [0, 0.05) is 13.1 Å². The van der Waals surface area contributed by atoms with Crippen LogP contribution in [0.5, 0.6) is 0 Å². The number of aliphatic hydroxyl groups is 2. The van der Waals surface area contributed by atoms with Crippen LogP contribution in [0.3, 0.4) is 0 Å². The molecule has 1 aliphatic heterocycles. The molecule has 0 aromatic carbocycles. The molecule has 1 saturated heterocycles. The molecule has 1 heterocycles. The van der Waals surface area contributed by atoms with E-state index >= 15 is 0 Å². The van der Waals surface area contributed by atoms with Crippen molar-refractivity contribution >= 4 is 0 Å². The normalized spacial score (nSPS) is 25.8. The number of morpholine rings is 1. The molecule has 0 aliphatic carbocycles. The summed E-state index contributed by atoms with van der Waals surface area (Å²) in [5.41, 5.74) is 0. The van der Waals surface area contributed by atoms with Crippen molar-refractivity contribution in [3.8, 4) is 0 Å². The molecule has 0 bridgehead atoms. The minimum Gasteiger partial charge on any atom is -0.394 e. The van der Waals surface area contributed by atoms with Crippen LogP contribution in [0.2, 0.25) is 0 Å². The second kappa shape index (κ2) is 6.28. The van der Waals surface area contributed by atoms with E-state index in [4.69, 9.17) is 14.6 Å². The fraction of sp³-hybridized carbons (Fsp3) is 1.00. The Kier molecular flexibility index (Phi) is 5.26. The first-order chi connectivity index (χ1) is 6.34. The molecule has 5 nitrogen and oxygen atoms in total. The number of hydrogen-bond acceptors (Lipinski definition) is 5. The monoisotopic (exact) mass is 191 g/mol. The van der Waals surface area contributed by atoms with E-state index in [0.29, 0.717) is 13.2 Å². The summed E-state index contributed by atoms with van der Waals surface area (Å²) in [4.78, 5) is 0. The molecule has 78 valence electrons. The molecule has 1 aliphatic rings. The summed E-state index contributed by atoms with van der Waals surface area (Å²) in [7, 11) is 0. The third-order valence-electron chi connectivity index (χ3n) is 1.91. The zero-order valence-corrected chi connectivity index (χ0v) is 7.61. The average molecular weight is 191 g/mol. The van der Waals surface area contributed by atoms with Crippen LogP contribution in [-0.4, -0.2) is 61.9 Å². The molecule has 0 aromatic heterocycles. The van der Waals surface area contributed by atoms with Crippen molar-refractivity contribution in [1.82, 2.24) is 5.32 Å². The Morgan fingerprint density at radius 1 is 1.62 bits per heavy atom. The summed E-state index contributed by atoms with van der Waals surface area (Å²) in [6.45, 7) is 2.58. The van der Waals surface area contributed by atoms with E-state index in [1.807, 2.05) is 0 Å². The van der Waals surface area contributed by atoms with Crippen LogP contribution < -0.4 is 5.32 Å². The molecule has 0 aromatic rings. The minimum absolute atomic E-state index is 0.0174. The topological polar surface area (TPSA) is 71.0 Å². The molecule has 1 fully saturated rings. The zero-order chi connectivity index (χ0) is 9.52. The number of ether oxygens (including phenoxy) is 2. The first kappa shape index (κ1) is 10.9. The van der Waals surface area contributed by atoms with Crippen molar-refractivity contribution < 1.29 is 19.7 Å². The molecule has 0 radical (unpaired) electrons. The van der Waals surface area contributed by atoms with E-state index in [1.165, 1.54) is 0 Å². The molecule has 3 N–H and O–H groups in total. The molecular formula is C8H17NO4. The summed E-state index contributed by atoms with van der Waals surface area (Å²) in [6, 6.07) is 0. The Bertz CT molecular complexity index is 127. The van der Waals surface area contributed by atoms with Crippen molar-refractivity contribution in [2.45, 2.75) is 12.2 Å². The molecule has 2 atom stereocenters. The fourth-order valence-electron chi connectivity index (χ4n) is 1.21. The summed E-state index contributed by atoms with van der Waals surface area (Å²) < 4.78 is 10.3. The van der Waals surface area contributed by atoms with E-state index in [-0.39, 0.29) is 25.9 Å². The second-order valence-corrected chi connectivity index (χ2v) is 2.98. The predicted octanol–water partition coefficient (Wildman–Crippen LogP) is -1.66. The van der Waals surface area contributed by atoms with Gasteiger partial charge in [-0.1, -0.05) is 0 Å². The molecule has 2 unspecified atom stereocenters. The molecule has 0 amide bonds. The lowest BCUT2D eigenvalue weighted by Crippen LogP contribution is -2.46. The standard InChI is InChI=1S/C8H17NO4/c10-2-4-12-6-7(11)8-5-9-1-3-13-8/h7-11H,1-6H2. The van der Waals surface area contributed by atoms with Crippen molar-refractivity contribution in [2.75, 3.05) is 39.5 Å². The van der Waals surface area contributed by atoms with Gasteiger partial charge in [-0.15, -0.1) is 0 Å². The van der Waals surface area contributed by atoms with Crippen LogP contribution in [0.1, 0.15) is 0 Å². The van der Waals surface area contributed by atoms with Gasteiger partial charge in [-0.2, -0.15) is 0 Å². The van der Waals surface area contributed by atoms with Crippen LogP contribution in [0.4, 0.5) is 0 Å². The predicted molar refractivity (Wildman–Crippen MR) is 46.5 cm³/mol. The maximum absolute atomic E-state index is 9.53. The van der Waals surface area contributed by atoms with Gasteiger partial charge in [0.05, 0.1) is 32.5 Å². The van der Waals surface area contributed by atoms with Gasteiger partial charge in [0.1, 0.15) is 6.10 Å². The maximum atomic E-state index is 9.53. The quantitative estimate of drug-likeness (QED) is 0.454. The van der Waals surface area contributed by atoms with Crippen LogP contribution in [0.15, 0.2) is 0 Å². The lowest BCUT2D eigenvalue weighted by atomic mass is 10.2. The Balaban J connectivity index is 2.09. The maximum Gasteiger partial charge on any atom is 0.105 e. The summed E-state index contributed by atoms with van der Waals surface area (Å²) in [5, 5.41) is 21.1. The van der Waals surface area contributed by atoms with E-state index < -0.39 is 6.10 Å². The van der Waals surface area contributed by atoms with E-state index in [1.54, 1.807) is 0 Å². The van der Waals surface area contributed by atoms with Crippen LogP contribution in [0, 0.1) is 0 Å². The van der Waals surface area contributed by atoms with Crippen LogP contribution >= 0.6 is 0 Å². The molecule has 0 saturated carbocycles. The highest BCUT2D eigenvalue weighted by Gasteiger charge is 2.22. The van der Waals surface area contributed by atoms with Crippen molar-refractivity contribution in [1.29, 1.82) is 0 Å². The highest BCUT2D eigenvalue weighted by Crippen LogP contribution is 2.02. The van der Waals surface area contributed by atoms with Gasteiger partial charge in [-0.05, 0) is 0 Å². The first-order valence-corrected chi connectivity index (χ1v) is 4.53. The third kappa shape index (κ3) is 4.02. The smallest absolute Gasteiger partial charge is 0.105 e. The Morgan fingerprint density at radius 2 is 2.46 bits per heavy atom. The molecular weight excluding hydrogens is 174 g/mol. The van der Waals surface area contributed by atoms with Gasteiger partial charge in [-0.25, -0.2) is 0 Å². The summed E-state index contributed by atoms with van der Waals surface area (Å²) in [5.74, 6) is 0. The lowest BCUT2D eigenvalue weighted by Gasteiger charge is -2.27. The Hall–Kier alpha value is -0.200. The molecule has 13 heavy (non-hydrogen) atoms. The number of nitrogens with one attached hydrogen (secondary N) is 1. The van der Waals surface area contributed by atoms with E-state index in [2.05, 4.69) is 5.32 Å². The van der Waals surface area contributed by atoms with Crippen molar-refractivity contribution in [2.24, 2.45) is 0 Å². The fourth-order valence-corrected chi connectivity index (χ4v) is 1.21. The van der Waals surface area contributed by atoms with Gasteiger partial charge in [0.15, 0.2) is 0 Å². The third-order valence-corrected chi connectivity index (χ3v) is 1.91. The highest BCUT2D eigenvalue weighted by molar-refractivity contribution is 4.74. The van der Waals surface area contributed by atoms with Crippen LogP contribution in [0.25, 0.3) is 0 Å². The van der Waals surface area contributed by atoms with Gasteiger partial charge in [-0.3, -0.25) is 0 Å². The van der Waals surface area contributed by atoms with Gasteiger partial charge >= 0.3 is 0 Å². The lowest BCUT2D eigenvalue weighted by molar-refractivity contribution is -0.0844. The summed E-state index contributed by atoms with van der Waals surface area (Å²) in [6.07, 6.45) is -0.799. The highest BCUT2D eigenvalue weighted by atomic mass is 16.5.